The lowest BCUT2D eigenvalue weighted by molar-refractivity contribution is -0.240. The van der Waals surface area contributed by atoms with Crippen LogP contribution in [0.1, 0.15) is 6.92 Å². The van der Waals surface area contributed by atoms with Gasteiger partial charge < -0.3 is 18.9 Å². The molecule has 5 nitrogen and oxygen atoms in total. The van der Waals surface area contributed by atoms with Crippen LogP contribution in [-0.4, -0.2) is 37.7 Å². The Morgan fingerprint density at radius 3 is 2.67 bits per heavy atom. The first kappa shape index (κ1) is 9.33. The standard InChI is InChI=1S/C10H12O5/c1-9-5-4-6(15-9)10(12-2,13-3)7(9)8(11)14-5/h4,6-7H,1-3H3/t6-,7+,9+/m0/s1. The Balaban J connectivity index is 2.18. The van der Waals surface area contributed by atoms with Crippen LogP contribution in [0.5, 0.6) is 0 Å². The number of esters is 1. The quantitative estimate of drug-likeness (QED) is 0.483. The number of carbonyl (C=O) groups excluding carboxylic acids is 1. The van der Waals surface area contributed by atoms with Gasteiger partial charge in [-0.3, -0.25) is 4.79 Å². The van der Waals surface area contributed by atoms with Crippen molar-refractivity contribution in [2.24, 2.45) is 5.92 Å². The molecule has 3 atom stereocenters. The van der Waals surface area contributed by atoms with Gasteiger partial charge in [0.2, 0.25) is 5.79 Å². The van der Waals surface area contributed by atoms with Crippen molar-refractivity contribution in [2.45, 2.75) is 24.4 Å². The minimum Gasteiger partial charge on any atom is -0.428 e. The van der Waals surface area contributed by atoms with E-state index in [1.807, 2.05) is 6.92 Å². The monoisotopic (exact) mass is 212 g/mol. The predicted molar refractivity (Wildman–Crippen MR) is 47.7 cm³/mol. The van der Waals surface area contributed by atoms with Gasteiger partial charge >= 0.3 is 5.97 Å². The van der Waals surface area contributed by atoms with Gasteiger partial charge in [-0.15, -0.1) is 0 Å². The van der Waals surface area contributed by atoms with Crippen LogP contribution in [0.3, 0.4) is 0 Å². The fraction of sp³-hybridized carbons (Fsp3) is 0.700. The van der Waals surface area contributed by atoms with Crippen LogP contribution in [-0.2, 0) is 23.7 Å². The summed E-state index contributed by atoms with van der Waals surface area (Å²) in [7, 11) is 3.02. The summed E-state index contributed by atoms with van der Waals surface area (Å²) < 4.78 is 21.6. The first-order valence-electron chi connectivity index (χ1n) is 4.80. The summed E-state index contributed by atoms with van der Waals surface area (Å²) in [5.41, 5.74) is -0.715. The summed E-state index contributed by atoms with van der Waals surface area (Å²) in [5, 5.41) is 0. The normalized spacial score (nSPS) is 44.5. The average molecular weight is 212 g/mol. The van der Waals surface area contributed by atoms with Gasteiger partial charge in [-0.1, -0.05) is 0 Å². The van der Waals surface area contributed by atoms with E-state index in [2.05, 4.69) is 0 Å². The van der Waals surface area contributed by atoms with Gasteiger partial charge in [0.25, 0.3) is 0 Å². The van der Waals surface area contributed by atoms with Crippen molar-refractivity contribution in [2.75, 3.05) is 14.2 Å². The number of hydrogen-bond acceptors (Lipinski definition) is 5. The molecule has 15 heavy (non-hydrogen) atoms. The van der Waals surface area contributed by atoms with Crippen molar-refractivity contribution in [3.05, 3.63) is 11.8 Å². The average Bonchev–Trinajstić information content (AvgIpc) is 2.68. The van der Waals surface area contributed by atoms with E-state index in [4.69, 9.17) is 18.9 Å². The summed E-state index contributed by atoms with van der Waals surface area (Å²) in [5.74, 6) is -1.32. The molecule has 0 unspecified atom stereocenters. The summed E-state index contributed by atoms with van der Waals surface area (Å²) in [6.45, 7) is 1.83. The van der Waals surface area contributed by atoms with E-state index in [0.717, 1.165) is 0 Å². The Kier molecular flexibility index (Phi) is 1.51. The minimum absolute atomic E-state index is 0.340. The molecule has 0 spiro atoms. The first-order valence-corrected chi connectivity index (χ1v) is 4.80. The van der Waals surface area contributed by atoms with Crippen LogP contribution in [0.4, 0.5) is 0 Å². The Bertz CT molecular complexity index is 370. The summed E-state index contributed by atoms with van der Waals surface area (Å²) >= 11 is 0. The molecule has 0 saturated carbocycles. The summed E-state index contributed by atoms with van der Waals surface area (Å²) in [6, 6.07) is 0. The minimum atomic E-state index is -1.04. The molecular formula is C10H12O5. The number of fused-ring (bicyclic) bond motifs is 1. The van der Waals surface area contributed by atoms with Gasteiger partial charge in [0, 0.05) is 14.2 Å². The molecule has 82 valence electrons. The molecule has 0 aromatic rings. The Labute approximate surface area is 86.9 Å². The van der Waals surface area contributed by atoms with Crippen LogP contribution in [0.2, 0.25) is 0 Å². The van der Waals surface area contributed by atoms with Crippen LogP contribution < -0.4 is 0 Å². The van der Waals surface area contributed by atoms with E-state index in [1.165, 1.54) is 14.2 Å². The molecule has 2 fully saturated rings. The highest BCUT2D eigenvalue weighted by Gasteiger charge is 2.75. The van der Waals surface area contributed by atoms with Crippen molar-refractivity contribution in [1.29, 1.82) is 0 Å². The molecule has 0 aromatic heterocycles. The zero-order chi connectivity index (χ0) is 10.8. The number of methoxy groups -OCH3 is 2. The lowest BCUT2D eigenvalue weighted by Gasteiger charge is -2.33. The van der Waals surface area contributed by atoms with Crippen LogP contribution in [0, 0.1) is 5.92 Å². The molecule has 3 heterocycles. The van der Waals surface area contributed by atoms with E-state index >= 15 is 0 Å². The Morgan fingerprint density at radius 1 is 1.40 bits per heavy atom. The van der Waals surface area contributed by atoms with E-state index in [9.17, 15) is 4.79 Å². The third-order valence-corrected chi connectivity index (χ3v) is 3.60. The second kappa shape index (κ2) is 2.42. The van der Waals surface area contributed by atoms with Crippen molar-refractivity contribution in [1.82, 2.24) is 0 Å². The highest BCUT2D eigenvalue weighted by molar-refractivity contribution is 5.83. The van der Waals surface area contributed by atoms with E-state index in [1.54, 1.807) is 6.08 Å². The lowest BCUT2D eigenvalue weighted by atomic mass is 9.80. The molecular weight excluding hydrogens is 200 g/mol. The largest absolute Gasteiger partial charge is 0.428 e. The second-order valence-electron chi connectivity index (χ2n) is 4.16. The third kappa shape index (κ3) is 0.758. The zero-order valence-electron chi connectivity index (χ0n) is 8.77. The number of ether oxygens (including phenoxy) is 4. The smallest absolute Gasteiger partial charge is 0.323 e. The van der Waals surface area contributed by atoms with Crippen molar-refractivity contribution < 1.29 is 23.7 Å². The lowest BCUT2D eigenvalue weighted by Crippen LogP contribution is -2.52. The van der Waals surface area contributed by atoms with E-state index in [-0.39, 0.29) is 12.1 Å². The summed E-state index contributed by atoms with van der Waals surface area (Å²) in [4.78, 5) is 11.7. The third-order valence-electron chi connectivity index (χ3n) is 3.60. The molecule has 3 rings (SSSR count). The maximum absolute atomic E-state index is 11.7. The van der Waals surface area contributed by atoms with Gasteiger partial charge in [-0.05, 0) is 13.0 Å². The molecule has 0 radical (unpaired) electrons. The van der Waals surface area contributed by atoms with Gasteiger partial charge in [0.15, 0.2) is 0 Å². The zero-order valence-corrected chi connectivity index (χ0v) is 8.77. The van der Waals surface area contributed by atoms with Crippen molar-refractivity contribution in [3.8, 4) is 0 Å². The van der Waals surface area contributed by atoms with Crippen LogP contribution in [0.15, 0.2) is 11.8 Å². The summed E-state index contributed by atoms with van der Waals surface area (Å²) in [6.07, 6.45) is 1.39. The molecule has 0 N–H and O–H groups in total. The van der Waals surface area contributed by atoms with Crippen molar-refractivity contribution >= 4 is 5.97 Å². The maximum Gasteiger partial charge on any atom is 0.323 e. The predicted octanol–water partition coefficient (Wildman–Crippen LogP) is 0.204. The maximum atomic E-state index is 11.7. The van der Waals surface area contributed by atoms with Gasteiger partial charge in [0.1, 0.15) is 23.4 Å². The molecule has 2 saturated heterocycles. The fourth-order valence-corrected chi connectivity index (χ4v) is 2.86. The SMILES string of the molecule is COC1(OC)[C@@H]2C=C3OC(=O)[C@@H]1[C@]3(C)O2. The highest BCUT2D eigenvalue weighted by atomic mass is 16.7. The number of hydrogen-bond donors (Lipinski definition) is 0. The Hall–Kier alpha value is -0.910. The molecule has 0 aliphatic carbocycles. The van der Waals surface area contributed by atoms with Gasteiger partial charge in [-0.2, -0.15) is 0 Å². The van der Waals surface area contributed by atoms with Crippen LogP contribution >= 0.6 is 0 Å². The molecule has 0 aromatic carbocycles. The second-order valence-corrected chi connectivity index (χ2v) is 4.16. The fourth-order valence-electron chi connectivity index (χ4n) is 2.86. The number of rotatable bonds is 2. The van der Waals surface area contributed by atoms with Crippen LogP contribution in [0.25, 0.3) is 0 Å². The Morgan fingerprint density at radius 2 is 2.07 bits per heavy atom. The molecule has 0 amide bonds. The number of carbonyl (C=O) groups is 1. The van der Waals surface area contributed by atoms with Gasteiger partial charge in [-0.25, -0.2) is 0 Å². The van der Waals surface area contributed by atoms with E-state index in [0.29, 0.717) is 5.76 Å². The highest BCUT2D eigenvalue weighted by Crippen LogP contribution is 2.59. The van der Waals surface area contributed by atoms with Gasteiger partial charge in [0.05, 0.1) is 0 Å². The molecule has 5 heteroatoms. The molecule has 3 aliphatic rings. The molecule has 3 aliphatic heterocycles. The molecule has 2 bridgehead atoms. The first-order chi connectivity index (χ1) is 7.08. The van der Waals surface area contributed by atoms with E-state index < -0.39 is 17.3 Å². The van der Waals surface area contributed by atoms with Crippen molar-refractivity contribution in [3.63, 3.8) is 0 Å². The topological polar surface area (TPSA) is 54.0 Å².